The number of furan rings is 1. The highest BCUT2D eigenvalue weighted by molar-refractivity contribution is 6.37. The molecule has 4 aromatic rings. The predicted molar refractivity (Wildman–Crippen MR) is 146 cm³/mol. The van der Waals surface area contributed by atoms with E-state index < -0.39 is 52.2 Å². The van der Waals surface area contributed by atoms with Gasteiger partial charge in [0.25, 0.3) is 23.4 Å². The SMILES string of the molecule is O=C(CN(C(=O)c1ccc(Cl)cc1Cl)N1C(=O)c2cccc([N+](=O)[O-])c2C1=O)c1ccc(OC(=O)c2ccco2)cc1. The highest BCUT2D eigenvalue weighted by atomic mass is 35.5. The number of fused-ring (bicyclic) bond motifs is 1. The van der Waals surface area contributed by atoms with E-state index in [0.29, 0.717) is 10.0 Å². The first kappa shape index (κ1) is 28.2. The number of amides is 3. The number of hydrogen-bond donors (Lipinski definition) is 0. The first-order valence-electron chi connectivity index (χ1n) is 11.9. The second kappa shape index (κ2) is 11.3. The summed E-state index contributed by atoms with van der Waals surface area (Å²) in [6.07, 6.45) is 1.30. The van der Waals surface area contributed by atoms with Gasteiger partial charge in [0.15, 0.2) is 5.78 Å². The highest BCUT2D eigenvalue weighted by Gasteiger charge is 2.46. The van der Waals surface area contributed by atoms with Crippen LogP contribution in [0.2, 0.25) is 10.0 Å². The Morgan fingerprint density at radius 2 is 1.69 bits per heavy atom. The molecule has 0 bridgehead atoms. The maximum Gasteiger partial charge on any atom is 0.379 e. The number of rotatable bonds is 8. The third-order valence-electron chi connectivity index (χ3n) is 6.11. The second-order valence-electron chi connectivity index (χ2n) is 8.68. The van der Waals surface area contributed by atoms with E-state index >= 15 is 0 Å². The molecule has 0 fully saturated rings. The van der Waals surface area contributed by atoms with Crippen molar-refractivity contribution in [2.75, 3.05) is 6.54 Å². The van der Waals surface area contributed by atoms with Crippen molar-refractivity contribution in [3.05, 3.63) is 127 Å². The van der Waals surface area contributed by atoms with Gasteiger partial charge in [-0.15, -0.1) is 0 Å². The van der Waals surface area contributed by atoms with Gasteiger partial charge < -0.3 is 9.15 Å². The number of nitrogens with zero attached hydrogens (tertiary/aromatic N) is 3. The van der Waals surface area contributed by atoms with Crippen molar-refractivity contribution in [3.63, 3.8) is 0 Å². The number of carbonyl (C=O) groups is 5. The van der Waals surface area contributed by atoms with Gasteiger partial charge in [0.1, 0.15) is 17.9 Å². The number of imide groups is 1. The van der Waals surface area contributed by atoms with Crippen LogP contribution in [0.1, 0.15) is 52.0 Å². The smallest absolute Gasteiger partial charge is 0.379 e. The number of ketones is 1. The molecule has 42 heavy (non-hydrogen) atoms. The minimum absolute atomic E-state index is 0.0235. The highest BCUT2D eigenvalue weighted by Crippen LogP contribution is 2.33. The van der Waals surface area contributed by atoms with E-state index in [1.165, 1.54) is 73.0 Å². The molecule has 0 spiro atoms. The van der Waals surface area contributed by atoms with E-state index in [1.54, 1.807) is 0 Å². The van der Waals surface area contributed by atoms with Crippen molar-refractivity contribution in [1.82, 2.24) is 10.0 Å². The molecule has 2 heterocycles. The lowest BCUT2D eigenvalue weighted by Crippen LogP contribution is -2.51. The van der Waals surface area contributed by atoms with Crippen molar-refractivity contribution in [2.24, 2.45) is 0 Å². The Labute approximate surface area is 245 Å². The molecule has 0 unspecified atom stereocenters. The van der Waals surface area contributed by atoms with Crippen molar-refractivity contribution in [1.29, 1.82) is 0 Å². The van der Waals surface area contributed by atoms with Crippen LogP contribution in [0.3, 0.4) is 0 Å². The maximum absolute atomic E-state index is 13.7. The predicted octanol–water partition coefficient (Wildman–Crippen LogP) is 5.25. The van der Waals surface area contributed by atoms with Crippen LogP contribution in [0.4, 0.5) is 5.69 Å². The molecule has 12 nitrogen and oxygen atoms in total. The zero-order chi connectivity index (χ0) is 30.1. The topological polar surface area (TPSA) is 157 Å². The fraction of sp³-hybridized carbons (Fsp3) is 0.0357. The van der Waals surface area contributed by atoms with Crippen LogP contribution in [-0.4, -0.2) is 51.0 Å². The largest absolute Gasteiger partial charge is 0.457 e. The van der Waals surface area contributed by atoms with Gasteiger partial charge in [-0.1, -0.05) is 29.3 Å². The summed E-state index contributed by atoms with van der Waals surface area (Å²) in [4.78, 5) is 76.6. The first-order chi connectivity index (χ1) is 20.1. The fourth-order valence-electron chi connectivity index (χ4n) is 4.15. The Hall–Kier alpha value is -5.33. The minimum Gasteiger partial charge on any atom is -0.457 e. The van der Waals surface area contributed by atoms with E-state index in [1.807, 2.05) is 0 Å². The number of halogens is 2. The first-order valence-corrected chi connectivity index (χ1v) is 12.6. The molecule has 3 amide bonds. The summed E-state index contributed by atoms with van der Waals surface area (Å²) in [5.74, 6) is -4.70. The second-order valence-corrected chi connectivity index (χ2v) is 9.52. The average Bonchev–Trinajstić information content (AvgIpc) is 3.59. The van der Waals surface area contributed by atoms with Gasteiger partial charge in [0.05, 0.1) is 27.3 Å². The van der Waals surface area contributed by atoms with Crippen LogP contribution < -0.4 is 4.74 Å². The van der Waals surface area contributed by atoms with E-state index in [2.05, 4.69) is 0 Å². The van der Waals surface area contributed by atoms with Crippen LogP contribution >= 0.6 is 23.2 Å². The van der Waals surface area contributed by atoms with Gasteiger partial charge in [-0.2, -0.15) is 5.01 Å². The average molecular weight is 608 g/mol. The van der Waals surface area contributed by atoms with Crippen LogP contribution in [-0.2, 0) is 0 Å². The molecule has 0 saturated carbocycles. The summed E-state index contributed by atoms with van der Waals surface area (Å²) in [5, 5.41) is 12.6. The van der Waals surface area contributed by atoms with Gasteiger partial charge in [-0.05, 0) is 60.7 Å². The van der Waals surface area contributed by atoms with Gasteiger partial charge in [-0.25, -0.2) is 9.80 Å². The van der Waals surface area contributed by atoms with E-state index in [9.17, 15) is 34.1 Å². The molecule has 0 atom stereocenters. The zero-order valence-corrected chi connectivity index (χ0v) is 22.5. The van der Waals surface area contributed by atoms with Crippen molar-refractivity contribution in [3.8, 4) is 5.75 Å². The third-order valence-corrected chi connectivity index (χ3v) is 6.66. The summed E-state index contributed by atoms with van der Waals surface area (Å²) < 4.78 is 10.2. The standard InChI is InChI=1S/C28H15Cl2N3O9/c29-16-8-11-18(20(30)13-16)25(35)31(32-26(36)19-3-1-4-21(33(39)40)24(19)27(32)37)14-22(34)15-6-9-17(10-7-15)42-28(38)23-5-2-12-41-23/h1-13H,14H2. The number of nitro benzene ring substituents is 1. The molecule has 0 aliphatic carbocycles. The minimum atomic E-state index is -1.17. The number of benzene rings is 3. The number of ether oxygens (including phenoxy) is 1. The number of hydrogen-bond acceptors (Lipinski definition) is 9. The summed E-state index contributed by atoms with van der Waals surface area (Å²) in [6, 6.07) is 15.5. The summed E-state index contributed by atoms with van der Waals surface area (Å²) in [6.45, 7) is -0.845. The van der Waals surface area contributed by atoms with Crippen LogP contribution in [0.25, 0.3) is 0 Å². The lowest BCUT2D eigenvalue weighted by molar-refractivity contribution is -0.385. The molecule has 5 rings (SSSR count). The Bertz CT molecular complexity index is 1790. The van der Waals surface area contributed by atoms with Crippen LogP contribution in [0, 0.1) is 10.1 Å². The normalized spacial score (nSPS) is 12.2. The zero-order valence-electron chi connectivity index (χ0n) is 21.0. The number of Topliss-reactive ketones (excluding diaryl/α,β-unsaturated/α-hetero) is 1. The Morgan fingerprint density at radius 3 is 2.33 bits per heavy atom. The van der Waals surface area contributed by atoms with Gasteiger partial charge in [-0.3, -0.25) is 29.3 Å². The molecule has 1 aromatic heterocycles. The summed E-state index contributed by atoms with van der Waals surface area (Å²) in [7, 11) is 0. The molecule has 0 N–H and O–H groups in total. The van der Waals surface area contributed by atoms with Crippen molar-refractivity contribution in [2.45, 2.75) is 0 Å². The van der Waals surface area contributed by atoms with Gasteiger partial charge in [0.2, 0.25) is 5.76 Å². The maximum atomic E-state index is 13.7. The Morgan fingerprint density at radius 1 is 0.952 bits per heavy atom. The summed E-state index contributed by atoms with van der Waals surface area (Å²) in [5.41, 5.74) is -1.65. The number of esters is 1. The monoisotopic (exact) mass is 607 g/mol. The number of carbonyl (C=O) groups excluding carboxylic acids is 5. The van der Waals surface area contributed by atoms with E-state index in [4.69, 9.17) is 32.4 Å². The molecule has 14 heteroatoms. The lowest BCUT2D eigenvalue weighted by Gasteiger charge is -2.29. The quantitative estimate of drug-likeness (QED) is 0.0651. The summed E-state index contributed by atoms with van der Waals surface area (Å²) >= 11 is 12.1. The van der Waals surface area contributed by atoms with Gasteiger partial charge in [0, 0.05) is 16.7 Å². The molecule has 0 radical (unpaired) electrons. The van der Waals surface area contributed by atoms with E-state index in [0.717, 1.165) is 6.07 Å². The molecule has 210 valence electrons. The van der Waals surface area contributed by atoms with Crippen molar-refractivity contribution >= 4 is 58.4 Å². The molecular weight excluding hydrogens is 593 g/mol. The third kappa shape index (κ3) is 5.23. The number of nitro groups is 1. The molecule has 0 saturated heterocycles. The lowest BCUT2D eigenvalue weighted by atomic mass is 10.1. The molecule has 3 aromatic carbocycles. The Balaban J connectivity index is 1.47. The fourth-order valence-corrected chi connectivity index (χ4v) is 4.64. The van der Waals surface area contributed by atoms with E-state index in [-0.39, 0.29) is 38.2 Å². The number of hydrazine groups is 1. The molecule has 1 aliphatic rings. The van der Waals surface area contributed by atoms with Crippen LogP contribution in [0.15, 0.2) is 83.5 Å². The molecular formula is C28H15Cl2N3O9. The molecule has 1 aliphatic heterocycles. The van der Waals surface area contributed by atoms with Crippen molar-refractivity contribution < 1.29 is 38.1 Å². The Kier molecular flexibility index (Phi) is 7.57. The van der Waals surface area contributed by atoms with Crippen LogP contribution in [0.5, 0.6) is 5.75 Å². The van der Waals surface area contributed by atoms with Gasteiger partial charge >= 0.3 is 5.97 Å².